The first-order valence-electron chi connectivity index (χ1n) is 17.6. The summed E-state index contributed by atoms with van der Waals surface area (Å²) in [6.07, 6.45) is 5.77. The third-order valence-corrected chi connectivity index (χ3v) is 9.23. The van der Waals surface area contributed by atoms with Crippen LogP contribution in [0.25, 0.3) is 6.08 Å². The molecule has 2 heterocycles. The standard InChI is InChI=1S/C43H43ClFN3O4/c1-31(2)36-11-15-38(16-12-36)50-26-21-32-3-5-34(6-4-32)29-47-22-24-48(25-23-47)43(49)20-10-33-9-18-41(40(44)27-33)52-42-19-17-39(28-46-42)51-30-35-7-13-37(45)14-8-35/h3-20,27-28,31H,21-26,29-30H2,1-2H3/b20-10+. The third-order valence-electron chi connectivity index (χ3n) is 8.94. The Balaban J connectivity index is 0.902. The lowest BCUT2D eigenvalue weighted by Gasteiger charge is -2.34. The predicted octanol–water partition coefficient (Wildman–Crippen LogP) is 9.35. The largest absolute Gasteiger partial charge is 0.493 e. The van der Waals surface area contributed by atoms with Crippen LogP contribution in [0.2, 0.25) is 5.02 Å². The molecule has 0 atom stereocenters. The van der Waals surface area contributed by atoms with Crippen LogP contribution in [0.1, 0.15) is 47.6 Å². The molecule has 1 amide bonds. The fraction of sp³-hybridized carbons (Fsp3) is 0.256. The molecule has 1 aromatic heterocycles. The van der Waals surface area contributed by atoms with Crippen molar-refractivity contribution >= 4 is 23.6 Å². The molecule has 268 valence electrons. The number of carbonyl (C=O) groups is 1. The highest BCUT2D eigenvalue weighted by Crippen LogP contribution is 2.30. The van der Waals surface area contributed by atoms with Crippen LogP contribution in [0, 0.1) is 5.82 Å². The zero-order valence-corrected chi connectivity index (χ0v) is 30.3. The lowest BCUT2D eigenvalue weighted by atomic mass is 10.0. The van der Waals surface area contributed by atoms with E-state index in [9.17, 15) is 9.18 Å². The Bertz CT molecular complexity index is 1920. The molecule has 0 bridgehead atoms. The Morgan fingerprint density at radius 1 is 0.827 bits per heavy atom. The Morgan fingerprint density at radius 2 is 1.52 bits per heavy atom. The van der Waals surface area contributed by atoms with Crippen LogP contribution < -0.4 is 14.2 Å². The van der Waals surface area contributed by atoms with E-state index in [-0.39, 0.29) is 11.7 Å². The van der Waals surface area contributed by atoms with E-state index >= 15 is 0 Å². The second-order valence-corrected chi connectivity index (χ2v) is 13.5. The van der Waals surface area contributed by atoms with Gasteiger partial charge in [0.25, 0.3) is 0 Å². The fourth-order valence-corrected chi connectivity index (χ4v) is 6.01. The number of benzene rings is 4. The maximum atomic E-state index is 13.1. The minimum atomic E-state index is -0.288. The van der Waals surface area contributed by atoms with E-state index in [0.717, 1.165) is 42.9 Å². The van der Waals surface area contributed by atoms with Gasteiger partial charge < -0.3 is 19.1 Å². The smallest absolute Gasteiger partial charge is 0.246 e. The van der Waals surface area contributed by atoms with Gasteiger partial charge in [0.2, 0.25) is 11.8 Å². The summed E-state index contributed by atoms with van der Waals surface area (Å²) in [5.41, 5.74) is 5.47. The number of hydrogen-bond donors (Lipinski definition) is 0. The van der Waals surface area contributed by atoms with E-state index in [1.54, 1.807) is 54.7 Å². The maximum absolute atomic E-state index is 13.1. The summed E-state index contributed by atoms with van der Waals surface area (Å²) >= 11 is 6.51. The van der Waals surface area contributed by atoms with Crippen molar-refractivity contribution in [3.8, 4) is 23.1 Å². The molecular weight excluding hydrogens is 677 g/mol. The summed E-state index contributed by atoms with van der Waals surface area (Å²) in [6.45, 7) is 9.16. The van der Waals surface area contributed by atoms with Crippen molar-refractivity contribution in [3.05, 3.63) is 154 Å². The number of amides is 1. The first kappa shape index (κ1) is 36.6. The highest BCUT2D eigenvalue weighted by atomic mass is 35.5. The van der Waals surface area contributed by atoms with Gasteiger partial charge in [-0.2, -0.15) is 0 Å². The molecule has 1 fully saturated rings. The van der Waals surface area contributed by atoms with Crippen molar-refractivity contribution in [2.75, 3.05) is 32.8 Å². The van der Waals surface area contributed by atoms with E-state index in [1.807, 2.05) is 23.1 Å². The maximum Gasteiger partial charge on any atom is 0.246 e. The van der Waals surface area contributed by atoms with Crippen LogP contribution in [0.15, 0.2) is 115 Å². The minimum absolute atomic E-state index is 0.0236. The van der Waals surface area contributed by atoms with Gasteiger partial charge in [-0.15, -0.1) is 0 Å². The molecule has 6 rings (SSSR count). The number of nitrogens with zero attached hydrogens (tertiary/aromatic N) is 3. The SMILES string of the molecule is CC(C)c1ccc(OCCc2ccc(CN3CCN(C(=O)/C=C/c4ccc(Oc5ccc(OCc6ccc(F)cc6)cn5)c(Cl)c4)CC3)cc2)cc1. The van der Waals surface area contributed by atoms with Crippen LogP contribution in [-0.4, -0.2) is 53.5 Å². The molecule has 1 saturated heterocycles. The summed E-state index contributed by atoms with van der Waals surface area (Å²) in [4.78, 5) is 21.5. The van der Waals surface area contributed by atoms with Gasteiger partial charge in [-0.05, 0) is 82.3 Å². The van der Waals surface area contributed by atoms with E-state index in [4.69, 9.17) is 25.8 Å². The zero-order valence-electron chi connectivity index (χ0n) is 29.5. The molecule has 7 nitrogen and oxygen atoms in total. The highest BCUT2D eigenvalue weighted by molar-refractivity contribution is 6.32. The third kappa shape index (κ3) is 10.7. The van der Waals surface area contributed by atoms with Gasteiger partial charge >= 0.3 is 0 Å². The average Bonchev–Trinajstić information content (AvgIpc) is 3.16. The highest BCUT2D eigenvalue weighted by Gasteiger charge is 2.20. The summed E-state index contributed by atoms with van der Waals surface area (Å²) in [7, 11) is 0. The molecular formula is C43H43ClFN3O4. The minimum Gasteiger partial charge on any atom is -0.493 e. The zero-order chi connectivity index (χ0) is 36.3. The van der Waals surface area contributed by atoms with Crippen LogP contribution in [0.3, 0.4) is 0 Å². The molecule has 1 aliphatic heterocycles. The summed E-state index contributed by atoms with van der Waals surface area (Å²) in [5.74, 6) is 2.47. The number of halogens is 2. The van der Waals surface area contributed by atoms with Gasteiger partial charge in [0.15, 0.2) is 0 Å². The van der Waals surface area contributed by atoms with Crippen LogP contribution in [-0.2, 0) is 24.4 Å². The lowest BCUT2D eigenvalue weighted by Crippen LogP contribution is -2.47. The normalized spacial score (nSPS) is 13.4. The Labute approximate surface area is 310 Å². The van der Waals surface area contributed by atoms with E-state index in [1.165, 1.54) is 28.8 Å². The number of pyridine rings is 1. The van der Waals surface area contributed by atoms with Gasteiger partial charge in [0.05, 0.1) is 17.8 Å². The van der Waals surface area contributed by atoms with Crippen molar-refractivity contribution in [1.82, 2.24) is 14.8 Å². The van der Waals surface area contributed by atoms with Crippen LogP contribution in [0.5, 0.6) is 23.1 Å². The number of carbonyl (C=O) groups excluding carboxylic acids is 1. The molecule has 5 aromatic rings. The number of piperazine rings is 1. The molecule has 0 spiro atoms. The van der Waals surface area contributed by atoms with Crippen molar-refractivity contribution in [1.29, 1.82) is 0 Å². The molecule has 0 radical (unpaired) electrons. The lowest BCUT2D eigenvalue weighted by molar-refractivity contribution is -0.127. The van der Waals surface area contributed by atoms with Gasteiger partial charge in [-0.1, -0.05) is 80.0 Å². The molecule has 0 N–H and O–H groups in total. The van der Waals surface area contributed by atoms with Crippen LogP contribution in [0.4, 0.5) is 4.39 Å². The first-order chi connectivity index (χ1) is 25.3. The number of ether oxygens (including phenoxy) is 3. The second-order valence-electron chi connectivity index (χ2n) is 13.1. The summed E-state index contributed by atoms with van der Waals surface area (Å²) < 4.78 is 30.6. The second kappa shape index (κ2) is 17.8. The molecule has 9 heteroatoms. The van der Waals surface area contributed by atoms with Crippen molar-refractivity contribution in [3.63, 3.8) is 0 Å². The van der Waals surface area contributed by atoms with Gasteiger partial charge in [-0.25, -0.2) is 9.37 Å². The number of hydrogen-bond acceptors (Lipinski definition) is 6. The van der Waals surface area contributed by atoms with E-state index in [0.29, 0.717) is 54.6 Å². The van der Waals surface area contributed by atoms with Gasteiger partial charge in [-0.3, -0.25) is 9.69 Å². The molecule has 0 aliphatic carbocycles. The van der Waals surface area contributed by atoms with E-state index < -0.39 is 0 Å². The molecule has 4 aromatic carbocycles. The Morgan fingerprint density at radius 3 is 2.19 bits per heavy atom. The number of rotatable bonds is 14. The Hall–Kier alpha value is -5.18. The molecule has 0 unspecified atom stereocenters. The van der Waals surface area contributed by atoms with Crippen molar-refractivity contribution in [2.45, 2.75) is 39.3 Å². The summed E-state index contributed by atoms with van der Waals surface area (Å²) in [6, 6.07) is 32.0. The molecule has 1 aliphatic rings. The van der Waals surface area contributed by atoms with Crippen molar-refractivity contribution in [2.24, 2.45) is 0 Å². The van der Waals surface area contributed by atoms with Gasteiger partial charge in [0.1, 0.15) is 29.7 Å². The summed E-state index contributed by atoms with van der Waals surface area (Å²) in [5, 5.41) is 0.398. The Kier molecular flexibility index (Phi) is 12.6. The monoisotopic (exact) mass is 719 g/mol. The van der Waals surface area contributed by atoms with Crippen molar-refractivity contribution < 1.29 is 23.4 Å². The molecule has 52 heavy (non-hydrogen) atoms. The van der Waals surface area contributed by atoms with Crippen LogP contribution >= 0.6 is 11.6 Å². The molecule has 0 saturated carbocycles. The fourth-order valence-electron chi connectivity index (χ4n) is 5.78. The average molecular weight is 720 g/mol. The predicted molar refractivity (Wildman–Crippen MR) is 204 cm³/mol. The quantitative estimate of drug-likeness (QED) is 0.107. The van der Waals surface area contributed by atoms with E-state index in [2.05, 4.69) is 60.1 Å². The van der Waals surface area contributed by atoms with Gasteiger partial charge in [0, 0.05) is 51.3 Å². The topological polar surface area (TPSA) is 64.1 Å². The first-order valence-corrected chi connectivity index (χ1v) is 18.0. The number of aromatic nitrogens is 1.